The molecule has 0 saturated heterocycles. The van der Waals surface area contributed by atoms with Gasteiger partial charge in [0.25, 0.3) is 5.91 Å². The summed E-state index contributed by atoms with van der Waals surface area (Å²) in [5.41, 5.74) is 1.82. The maximum absolute atomic E-state index is 12.1. The Morgan fingerprint density at radius 3 is 3.06 bits per heavy atom. The van der Waals surface area contributed by atoms with E-state index in [0.717, 1.165) is 17.7 Å². The van der Waals surface area contributed by atoms with Gasteiger partial charge in [0.1, 0.15) is 5.75 Å². The van der Waals surface area contributed by atoms with Crippen LogP contribution in [0.5, 0.6) is 5.75 Å². The summed E-state index contributed by atoms with van der Waals surface area (Å²) >= 11 is 5.88. The minimum atomic E-state index is -0.0401. The molecule has 17 heavy (non-hydrogen) atoms. The Hall–Kier alpha value is -1.22. The molecule has 0 aliphatic carbocycles. The predicted octanol–water partition coefficient (Wildman–Crippen LogP) is 2.32. The van der Waals surface area contributed by atoms with Crippen LogP contribution in [0.3, 0.4) is 0 Å². The summed E-state index contributed by atoms with van der Waals surface area (Å²) in [6.45, 7) is 3.14. The van der Waals surface area contributed by atoms with Crippen molar-refractivity contribution in [3.05, 3.63) is 29.3 Å². The summed E-state index contributed by atoms with van der Waals surface area (Å²) in [5, 5.41) is -0.0401. The van der Waals surface area contributed by atoms with Crippen LogP contribution >= 0.6 is 11.6 Å². The number of hydrogen-bond donors (Lipinski definition) is 0. The van der Waals surface area contributed by atoms with Crippen molar-refractivity contribution in [1.82, 2.24) is 4.90 Å². The first-order valence-electron chi connectivity index (χ1n) is 5.73. The van der Waals surface area contributed by atoms with E-state index in [9.17, 15) is 4.79 Å². The van der Waals surface area contributed by atoms with Crippen LogP contribution < -0.4 is 4.74 Å². The Balaban J connectivity index is 2.14. The number of nitrogens with zero attached hydrogens (tertiary/aromatic N) is 1. The van der Waals surface area contributed by atoms with Crippen LogP contribution in [0.2, 0.25) is 0 Å². The molecular weight excluding hydrogens is 238 g/mol. The molecule has 0 N–H and O–H groups in total. The normalized spacial score (nSPS) is 15.0. The number of fused-ring (bicyclic) bond motifs is 1. The fourth-order valence-corrected chi connectivity index (χ4v) is 2.21. The lowest BCUT2D eigenvalue weighted by Gasteiger charge is -2.18. The number of hydrogen-bond acceptors (Lipinski definition) is 2. The van der Waals surface area contributed by atoms with Crippen LogP contribution in [0, 0.1) is 0 Å². The van der Waals surface area contributed by atoms with Crippen molar-refractivity contribution in [2.75, 3.05) is 20.2 Å². The van der Waals surface area contributed by atoms with Crippen molar-refractivity contribution in [2.24, 2.45) is 0 Å². The predicted molar refractivity (Wildman–Crippen MR) is 67.9 cm³/mol. The van der Waals surface area contributed by atoms with Gasteiger partial charge < -0.3 is 9.64 Å². The van der Waals surface area contributed by atoms with Crippen LogP contribution in [-0.4, -0.2) is 36.4 Å². The number of halogens is 1. The summed E-state index contributed by atoms with van der Waals surface area (Å²) in [5.74, 6) is 0.905. The second kappa shape index (κ2) is 4.96. The molecule has 2 rings (SSSR count). The lowest BCUT2D eigenvalue weighted by atomic mass is 10.1. The molecule has 92 valence electrons. The van der Waals surface area contributed by atoms with Crippen LogP contribution in [0.1, 0.15) is 22.8 Å². The third-order valence-corrected chi connectivity index (χ3v) is 2.95. The van der Waals surface area contributed by atoms with Gasteiger partial charge in [0.05, 0.1) is 6.61 Å². The van der Waals surface area contributed by atoms with Crippen LogP contribution in [0.25, 0.3) is 0 Å². The molecule has 1 aromatic rings. The second-order valence-corrected chi connectivity index (χ2v) is 5.13. The molecule has 0 bridgehead atoms. The summed E-state index contributed by atoms with van der Waals surface area (Å²) in [6, 6.07) is 5.59. The molecular formula is C13H16ClNO2. The van der Waals surface area contributed by atoms with E-state index in [1.807, 2.05) is 25.1 Å². The van der Waals surface area contributed by atoms with E-state index >= 15 is 0 Å². The van der Waals surface area contributed by atoms with E-state index in [1.165, 1.54) is 0 Å². The Labute approximate surface area is 106 Å². The number of amides is 1. The molecule has 4 heteroatoms. The summed E-state index contributed by atoms with van der Waals surface area (Å²) in [7, 11) is 1.77. The van der Waals surface area contributed by atoms with Crippen molar-refractivity contribution in [1.29, 1.82) is 0 Å². The standard InChI is InChI=1S/C13H16ClNO2/c1-9(14)8-15(2)13(16)11-3-4-12-10(7-11)5-6-17-12/h3-4,7,9H,5-6,8H2,1-2H3. The fraction of sp³-hybridized carbons (Fsp3) is 0.462. The minimum absolute atomic E-state index is 0.00667. The first-order valence-corrected chi connectivity index (χ1v) is 6.17. The molecule has 1 amide bonds. The van der Waals surface area contributed by atoms with Gasteiger partial charge in [-0.1, -0.05) is 0 Å². The molecule has 1 unspecified atom stereocenters. The quantitative estimate of drug-likeness (QED) is 0.774. The average molecular weight is 254 g/mol. The van der Waals surface area contributed by atoms with E-state index in [0.29, 0.717) is 18.7 Å². The highest BCUT2D eigenvalue weighted by Gasteiger charge is 2.17. The fourth-order valence-electron chi connectivity index (χ4n) is 2.00. The number of carbonyl (C=O) groups excluding carboxylic acids is 1. The first-order chi connectivity index (χ1) is 8.08. The maximum atomic E-state index is 12.1. The van der Waals surface area contributed by atoms with E-state index in [4.69, 9.17) is 16.3 Å². The SMILES string of the molecule is CC(Cl)CN(C)C(=O)c1ccc2c(c1)CCO2. The Bertz CT molecular complexity index is 431. The van der Waals surface area contributed by atoms with Gasteiger partial charge >= 0.3 is 0 Å². The summed E-state index contributed by atoms with van der Waals surface area (Å²) in [4.78, 5) is 13.8. The van der Waals surface area contributed by atoms with E-state index in [1.54, 1.807) is 11.9 Å². The van der Waals surface area contributed by atoms with Crippen molar-refractivity contribution < 1.29 is 9.53 Å². The number of benzene rings is 1. The smallest absolute Gasteiger partial charge is 0.253 e. The zero-order chi connectivity index (χ0) is 12.4. The number of carbonyl (C=O) groups is 1. The van der Waals surface area contributed by atoms with Crippen molar-refractivity contribution in [3.8, 4) is 5.75 Å². The van der Waals surface area contributed by atoms with Crippen LogP contribution in [0.4, 0.5) is 0 Å². The number of ether oxygens (including phenoxy) is 1. The molecule has 1 aromatic carbocycles. The monoisotopic (exact) mass is 253 g/mol. The molecule has 0 radical (unpaired) electrons. The zero-order valence-corrected chi connectivity index (χ0v) is 10.8. The lowest BCUT2D eigenvalue weighted by molar-refractivity contribution is 0.0796. The topological polar surface area (TPSA) is 29.5 Å². The van der Waals surface area contributed by atoms with Crippen LogP contribution in [-0.2, 0) is 6.42 Å². The molecule has 1 aliphatic rings. The van der Waals surface area contributed by atoms with Gasteiger partial charge in [0.2, 0.25) is 0 Å². The molecule has 0 fully saturated rings. The first kappa shape index (κ1) is 12.2. The average Bonchev–Trinajstić information content (AvgIpc) is 2.73. The largest absolute Gasteiger partial charge is 0.493 e. The third kappa shape index (κ3) is 2.72. The Morgan fingerprint density at radius 2 is 2.35 bits per heavy atom. The maximum Gasteiger partial charge on any atom is 0.253 e. The number of alkyl halides is 1. The third-order valence-electron chi connectivity index (χ3n) is 2.81. The highest BCUT2D eigenvalue weighted by molar-refractivity contribution is 6.20. The van der Waals surface area contributed by atoms with Crippen molar-refractivity contribution >= 4 is 17.5 Å². The van der Waals surface area contributed by atoms with Crippen molar-refractivity contribution in [3.63, 3.8) is 0 Å². The molecule has 3 nitrogen and oxygen atoms in total. The molecule has 0 aromatic heterocycles. The minimum Gasteiger partial charge on any atom is -0.493 e. The summed E-state index contributed by atoms with van der Waals surface area (Å²) < 4.78 is 5.41. The molecule has 1 atom stereocenters. The van der Waals surface area contributed by atoms with Gasteiger partial charge in [-0.2, -0.15) is 0 Å². The molecule has 0 saturated carbocycles. The molecule has 0 spiro atoms. The Kier molecular flexibility index (Phi) is 3.57. The van der Waals surface area contributed by atoms with E-state index in [-0.39, 0.29) is 11.3 Å². The highest BCUT2D eigenvalue weighted by Crippen LogP contribution is 2.26. The molecule has 1 aliphatic heterocycles. The van der Waals surface area contributed by atoms with Gasteiger partial charge in [0.15, 0.2) is 0 Å². The highest BCUT2D eigenvalue weighted by atomic mass is 35.5. The van der Waals surface area contributed by atoms with E-state index in [2.05, 4.69) is 0 Å². The Morgan fingerprint density at radius 1 is 1.59 bits per heavy atom. The van der Waals surface area contributed by atoms with Gasteiger partial charge in [-0.25, -0.2) is 0 Å². The van der Waals surface area contributed by atoms with Gasteiger partial charge in [-0.3, -0.25) is 4.79 Å². The van der Waals surface area contributed by atoms with Crippen molar-refractivity contribution in [2.45, 2.75) is 18.7 Å². The van der Waals surface area contributed by atoms with Crippen LogP contribution in [0.15, 0.2) is 18.2 Å². The van der Waals surface area contributed by atoms with Gasteiger partial charge in [0, 0.05) is 31.0 Å². The summed E-state index contributed by atoms with van der Waals surface area (Å²) in [6.07, 6.45) is 0.881. The lowest BCUT2D eigenvalue weighted by Crippen LogP contribution is -2.31. The number of rotatable bonds is 3. The second-order valence-electron chi connectivity index (χ2n) is 4.39. The zero-order valence-electron chi connectivity index (χ0n) is 10.1. The molecule has 1 heterocycles. The van der Waals surface area contributed by atoms with Gasteiger partial charge in [-0.15, -0.1) is 11.6 Å². The van der Waals surface area contributed by atoms with E-state index < -0.39 is 0 Å². The van der Waals surface area contributed by atoms with Gasteiger partial charge in [-0.05, 0) is 30.7 Å².